The molecule has 0 saturated heterocycles. The number of fused-ring (bicyclic) bond motifs is 3. The first-order valence-corrected chi connectivity index (χ1v) is 11.3. The Hall–Kier alpha value is -4.18. The molecule has 0 N–H and O–H groups in total. The molecule has 3 aromatic carbocycles. The Morgan fingerprint density at radius 1 is 0.971 bits per heavy atom. The van der Waals surface area contributed by atoms with Crippen molar-refractivity contribution in [1.82, 2.24) is 19.6 Å². The summed E-state index contributed by atoms with van der Waals surface area (Å²) in [6.07, 6.45) is 0. The fourth-order valence-corrected chi connectivity index (χ4v) is 4.51. The highest BCUT2D eigenvalue weighted by Crippen LogP contribution is 2.35. The minimum atomic E-state index is -0.399. The van der Waals surface area contributed by atoms with Crippen LogP contribution in [0.25, 0.3) is 27.9 Å². The van der Waals surface area contributed by atoms with Crippen molar-refractivity contribution in [3.05, 3.63) is 82.4 Å². The predicted molar refractivity (Wildman–Crippen MR) is 129 cm³/mol. The third-order valence-corrected chi connectivity index (χ3v) is 6.27. The number of hydrogen-bond acceptors (Lipinski definition) is 8. The number of aromatic nitrogens is 4. The summed E-state index contributed by atoms with van der Waals surface area (Å²) in [7, 11) is 3.15. The van der Waals surface area contributed by atoms with Gasteiger partial charge in [0.15, 0.2) is 28.1 Å². The molecular formula is C24H19N5O4S. The van der Waals surface area contributed by atoms with E-state index in [2.05, 4.69) is 0 Å². The van der Waals surface area contributed by atoms with Crippen molar-refractivity contribution < 1.29 is 14.4 Å². The minimum Gasteiger partial charge on any atom is -0.493 e. The lowest BCUT2D eigenvalue weighted by molar-refractivity contribution is -0.384. The number of non-ortho nitro benzene ring substituents is 1. The first-order chi connectivity index (χ1) is 16.6. The molecule has 0 aliphatic carbocycles. The molecule has 5 rings (SSSR count). The van der Waals surface area contributed by atoms with E-state index in [0.29, 0.717) is 39.4 Å². The fourth-order valence-electron chi connectivity index (χ4n) is 3.62. The van der Waals surface area contributed by atoms with Gasteiger partial charge in [0.25, 0.3) is 5.69 Å². The fraction of sp³-hybridized carbons (Fsp3) is 0.125. The largest absolute Gasteiger partial charge is 0.493 e. The monoisotopic (exact) mass is 473 g/mol. The van der Waals surface area contributed by atoms with E-state index in [9.17, 15) is 10.1 Å². The van der Waals surface area contributed by atoms with Crippen LogP contribution in [0.5, 0.6) is 11.5 Å². The summed E-state index contributed by atoms with van der Waals surface area (Å²) >= 11 is 1.42. The SMILES string of the molecule is COc1cc2nc(SCc3cccc([N+](=O)[O-])c3)n3nc(-c4ccccc4)nc3c2cc1OC. The summed E-state index contributed by atoms with van der Waals surface area (Å²) in [5.74, 6) is 2.18. The van der Waals surface area contributed by atoms with Gasteiger partial charge in [0.1, 0.15) is 0 Å². The Morgan fingerprint density at radius 3 is 2.47 bits per heavy atom. The van der Waals surface area contributed by atoms with Crippen molar-refractivity contribution in [2.45, 2.75) is 10.9 Å². The standard InChI is InChI=1S/C24H19N5O4S/c1-32-20-12-18-19(13-21(20)33-2)25-24(34-14-15-7-6-10-17(11-15)29(30)31)28-23(18)26-22(27-28)16-8-4-3-5-9-16/h3-13H,14H2,1-2H3. The molecule has 0 spiro atoms. The normalized spacial score (nSPS) is 11.1. The highest BCUT2D eigenvalue weighted by Gasteiger charge is 2.18. The first-order valence-electron chi connectivity index (χ1n) is 10.3. The summed E-state index contributed by atoms with van der Waals surface area (Å²) < 4.78 is 12.6. The first kappa shape index (κ1) is 21.7. The summed E-state index contributed by atoms with van der Waals surface area (Å²) in [5.41, 5.74) is 3.06. The van der Waals surface area contributed by atoms with Crippen LogP contribution in [0, 0.1) is 10.1 Å². The molecule has 2 aromatic heterocycles. The van der Waals surface area contributed by atoms with Crippen molar-refractivity contribution in [2.75, 3.05) is 14.2 Å². The van der Waals surface area contributed by atoms with Gasteiger partial charge in [-0.2, -0.15) is 4.52 Å². The lowest BCUT2D eigenvalue weighted by atomic mass is 10.2. The molecule has 5 aromatic rings. The van der Waals surface area contributed by atoms with Gasteiger partial charge in [-0.3, -0.25) is 10.1 Å². The molecule has 170 valence electrons. The van der Waals surface area contributed by atoms with Crippen LogP contribution in [-0.2, 0) is 5.75 Å². The van der Waals surface area contributed by atoms with E-state index < -0.39 is 4.92 Å². The Labute approximate surface area is 198 Å². The number of benzene rings is 3. The summed E-state index contributed by atoms with van der Waals surface area (Å²) in [4.78, 5) is 20.4. The number of hydrogen-bond donors (Lipinski definition) is 0. The third-order valence-electron chi connectivity index (χ3n) is 5.27. The van der Waals surface area contributed by atoms with Gasteiger partial charge in [-0.15, -0.1) is 5.10 Å². The van der Waals surface area contributed by atoms with Gasteiger partial charge in [-0.25, -0.2) is 9.97 Å². The Balaban J connectivity index is 1.65. The van der Waals surface area contributed by atoms with E-state index >= 15 is 0 Å². The number of nitro benzene ring substituents is 1. The molecule has 0 unspecified atom stereocenters. The van der Waals surface area contributed by atoms with Gasteiger partial charge in [-0.1, -0.05) is 54.2 Å². The molecule has 0 aliphatic heterocycles. The number of thioether (sulfide) groups is 1. The molecule has 10 heteroatoms. The number of nitro groups is 1. The van der Waals surface area contributed by atoms with Crippen LogP contribution in [0.4, 0.5) is 5.69 Å². The number of rotatable bonds is 7. The summed E-state index contributed by atoms with van der Waals surface area (Å²) in [6, 6.07) is 19.9. The zero-order valence-corrected chi connectivity index (χ0v) is 19.2. The second-order valence-electron chi connectivity index (χ2n) is 7.37. The maximum Gasteiger partial charge on any atom is 0.269 e. The van der Waals surface area contributed by atoms with Crippen LogP contribution in [0.15, 0.2) is 71.9 Å². The van der Waals surface area contributed by atoms with Crippen molar-refractivity contribution in [2.24, 2.45) is 0 Å². The van der Waals surface area contributed by atoms with Crippen LogP contribution in [-0.4, -0.2) is 38.7 Å². The highest BCUT2D eigenvalue weighted by molar-refractivity contribution is 7.98. The van der Waals surface area contributed by atoms with Crippen LogP contribution in [0.2, 0.25) is 0 Å². The Morgan fingerprint density at radius 2 is 1.74 bits per heavy atom. The Kier molecular flexibility index (Phi) is 5.72. The molecule has 34 heavy (non-hydrogen) atoms. The topological polar surface area (TPSA) is 105 Å². The molecule has 2 heterocycles. The molecule has 0 atom stereocenters. The molecule has 0 radical (unpaired) electrons. The second kappa shape index (κ2) is 8.99. The molecule has 0 amide bonds. The van der Waals surface area contributed by atoms with Gasteiger partial charge in [-0.05, 0) is 11.6 Å². The average molecular weight is 474 g/mol. The lowest BCUT2D eigenvalue weighted by Crippen LogP contribution is -2.00. The summed E-state index contributed by atoms with van der Waals surface area (Å²) in [5, 5.41) is 17.2. The number of ether oxygens (including phenoxy) is 2. The smallest absolute Gasteiger partial charge is 0.269 e. The second-order valence-corrected chi connectivity index (χ2v) is 8.31. The average Bonchev–Trinajstić information content (AvgIpc) is 3.33. The van der Waals surface area contributed by atoms with E-state index in [1.54, 1.807) is 30.9 Å². The number of nitrogens with zero attached hydrogens (tertiary/aromatic N) is 5. The van der Waals surface area contributed by atoms with Crippen LogP contribution in [0.1, 0.15) is 5.56 Å². The van der Waals surface area contributed by atoms with E-state index in [0.717, 1.165) is 16.5 Å². The van der Waals surface area contributed by atoms with E-state index in [1.807, 2.05) is 48.5 Å². The van der Waals surface area contributed by atoms with Gasteiger partial charge in [0, 0.05) is 34.9 Å². The molecule has 9 nitrogen and oxygen atoms in total. The zero-order valence-electron chi connectivity index (χ0n) is 18.3. The molecule has 0 fully saturated rings. The minimum absolute atomic E-state index is 0.0543. The van der Waals surface area contributed by atoms with Gasteiger partial charge in [0.05, 0.1) is 24.7 Å². The predicted octanol–water partition coefficient (Wildman–Crippen LogP) is 5.16. The van der Waals surface area contributed by atoms with Crippen molar-refractivity contribution >= 4 is 34.0 Å². The van der Waals surface area contributed by atoms with Crippen molar-refractivity contribution in [3.63, 3.8) is 0 Å². The van der Waals surface area contributed by atoms with E-state index in [1.165, 1.54) is 17.8 Å². The van der Waals surface area contributed by atoms with Gasteiger partial charge < -0.3 is 9.47 Å². The van der Waals surface area contributed by atoms with Gasteiger partial charge in [0.2, 0.25) is 0 Å². The molecular weight excluding hydrogens is 454 g/mol. The lowest BCUT2D eigenvalue weighted by Gasteiger charge is -2.11. The quantitative estimate of drug-likeness (QED) is 0.138. The maximum atomic E-state index is 11.1. The van der Waals surface area contributed by atoms with Crippen LogP contribution in [0.3, 0.4) is 0 Å². The van der Waals surface area contributed by atoms with Crippen LogP contribution < -0.4 is 9.47 Å². The molecule has 0 bridgehead atoms. The Bertz CT molecular complexity index is 1520. The zero-order chi connectivity index (χ0) is 23.7. The highest BCUT2D eigenvalue weighted by atomic mass is 32.2. The van der Waals surface area contributed by atoms with Crippen molar-refractivity contribution in [1.29, 1.82) is 0 Å². The molecule has 0 aliphatic rings. The van der Waals surface area contributed by atoms with E-state index in [4.69, 9.17) is 24.5 Å². The number of methoxy groups -OCH3 is 2. The van der Waals surface area contributed by atoms with Crippen molar-refractivity contribution in [3.8, 4) is 22.9 Å². The van der Waals surface area contributed by atoms with Gasteiger partial charge >= 0.3 is 0 Å². The maximum absolute atomic E-state index is 11.1. The third kappa shape index (κ3) is 3.99. The summed E-state index contributed by atoms with van der Waals surface area (Å²) in [6.45, 7) is 0. The molecule has 0 saturated carbocycles. The van der Waals surface area contributed by atoms with Crippen LogP contribution >= 0.6 is 11.8 Å². The van der Waals surface area contributed by atoms with E-state index in [-0.39, 0.29) is 5.69 Å².